The number of aryl methyl sites for hydroxylation is 1. The van der Waals surface area contributed by atoms with Crippen molar-refractivity contribution in [3.8, 4) is 0 Å². The van der Waals surface area contributed by atoms with E-state index in [0.717, 1.165) is 16.1 Å². The van der Waals surface area contributed by atoms with Gasteiger partial charge in [0.2, 0.25) is 5.91 Å². The molecule has 0 aliphatic heterocycles. The van der Waals surface area contributed by atoms with Crippen LogP contribution in [0.3, 0.4) is 0 Å². The summed E-state index contributed by atoms with van der Waals surface area (Å²) in [7, 11) is 0. The fourth-order valence-electron chi connectivity index (χ4n) is 3.55. The molecular weight excluding hydrogens is 513 g/mol. The monoisotopic (exact) mass is 539 g/mol. The number of para-hydroxylation sites is 1. The molecule has 3 amide bonds. The number of halogens is 1. The van der Waals surface area contributed by atoms with Crippen LogP contribution in [0.4, 0.5) is 15.8 Å². The van der Waals surface area contributed by atoms with Gasteiger partial charge in [-0.1, -0.05) is 48.5 Å². The van der Waals surface area contributed by atoms with Gasteiger partial charge in [0.15, 0.2) is 0 Å². The van der Waals surface area contributed by atoms with Crippen molar-refractivity contribution in [2.75, 3.05) is 16.4 Å². The molecule has 0 aliphatic carbocycles. The molecule has 0 heterocycles. The average molecular weight is 540 g/mol. The second-order valence-corrected chi connectivity index (χ2v) is 9.61. The number of carbonyl (C=O) groups is 3. The molecule has 0 radical (unpaired) electrons. The summed E-state index contributed by atoms with van der Waals surface area (Å²) in [6.07, 6.45) is 1.48. The Balaban J connectivity index is 1.40. The van der Waals surface area contributed by atoms with Crippen LogP contribution in [0.1, 0.15) is 21.5 Å². The molecule has 0 aliphatic rings. The molecule has 6 nitrogen and oxygen atoms in total. The lowest BCUT2D eigenvalue weighted by Crippen LogP contribution is -2.30. The maximum absolute atomic E-state index is 13.4. The topological polar surface area (TPSA) is 87.3 Å². The molecule has 0 saturated carbocycles. The number of carbonyl (C=O) groups excluding carboxylic acids is 3. The number of nitrogens with one attached hydrogen (secondary N) is 3. The van der Waals surface area contributed by atoms with Gasteiger partial charge in [-0.05, 0) is 78.7 Å². The van der Waals surface area contributed by atoms with Crippen molar-refractivity contribution in [2.24, 2.45) is 0 Å². The summed E-state index contributed by atoms with van der Waals surface area (Å²) < 4.78 is 13.4. The van der Waals surface area contributed by atoms with Crippen molar-refractivity contribution in [1.82, 2.24) is 5.32 Å². The molecule has 0 atom stereocenters. The number of rotatable bonds is 9. The Bertz CT molecular complexity index is 1490. The summed E-state index contributed by atoms with van der Waals surface area (Å²) in [6, 6.07) is 28.7. The van der Waals surface area contributed by atoms with Gasteiger partial charge in [0.25, 0.3) is 11.8 Å². The van der Waals surface area contributed by atoms with Gasteiger partial charge in [0.1, 0.15) is 11.5 Å². The van der Waals surface area contributed by atoms with E-state index in [1.54, 1.807) is 54.6 Å². The van der Waals surface area contributed by atoms with Crippen molar-refractivity contribution >= 4 is 46.9 Å². The molecule has 0 aromatic heterocycles. The molecule has 0 spiro atoms. The predicted molar refractivity (Wildman–Crippen MR) is 154 cm³/mol. The van der Waals surface area contributed by atoms with Gasteiger partial charge < -0.3 is 16.0 Å². The van der Waals surface area contributed by atoms with Gasteiger partial charge in [-0.25, -0.2) is 4.39 Å². The summed E-state index contributed by atoms with van der Waals surface area (Å²) in [6.45, 7) is 1.93. The summed E-state index contributed by atoms with van der Waals surface area (Å²) in [5, 5.41) is 8.33. The lowest BCUT2D eigenvalue weighted by atomic mass is 10.1. The first-order valence-corrected chi connectivity index (χ1v) is 13.1. The van der Waals surface area contributed by atoms with E-state index in [9.17, 15) is 18.8 Å². The first-order chi connectivity index (χ1) is 18.9. The Morgan fingerprint density at radius 3 is 2.15 bits per heavy atom. The highest BCUT2D eigenvalue weighted by molar-refractivity contribution is 8.00. The molecule has 3 N–H and O–H groups in total. The van der Waals surface area contributed by atoms with Gasteiger partial charge in [-0.15, -0.1) is 11.8 Å². The molecular formula is C31H26FN3O3S. The predicted octanol–water partition coefficient (Wildman–Crippen LogP) is 6.27. The Labute approximate surface area is 230 Å². The maximum Gasteiger partial charge on any atom is 0.272 e. The first-order valence-electron chi connectivity index (χ1n) is 12.1. The van der Waals surface area contributed by atoms with E-state index in [2.05, 4.69) is 16.0 Å². The number of hydrogen-bond donors (Lipinski definition) is 3. The quantitative estimate of drug-likeness (QED) is 0.173. The smallest absolute Gasteiger partial charge is 0.272 e. The zero-order valence-electron chi connectivity index (χ0n) is 21.1. The molecule has 4 aromatic carbocycles. The minimum Gasteiger partial charge on any atom is -0.325 e. The molecule has 4 rings (SSSR count). The van der Waals surface area contributed by atoms with Crippen LogP contribution in [0.5, 0.6) is 0 Å². The average Bonchev–Trinajstić information content (AvgIpc) is 2.95. The second kappa shape index (κ2) is 13.2. The molecule has 39 heavy (non-hydrogen) atoms. The Morgan fingerprint density at radius 1 is 0.795 bits per heavy atom. The number of anilines is 2. The van der Waals surface area contributed by atoms with E-state index in [-0.39, 0.29) is 17.4 Å². The Hall–Kier alpha value is -4.69. The molecule has 8 heteroatoms. The highest BCUT2D eigenvalue weighted by Crippen LogP contribution is 2.22. The standard InChI is InChI=1S/C31H26FN3O3S/c1-21-7-5-6-10-27(21)34-29(36)20-39-26-17-15-25(16-18-26)33-31(38)28(19-22-11-13-24(32)14-12-22)35-30(37)23-8-3-2-4-9-23/h2-19H,20H2,1H3,(H,33,38)(H,34,36)(H,35,37)/b28-19-. The molecule has 196 valence electrons. The highest BCUT2D eigenvalue weighted by Gasteiger charge is 2.15. The summed E-state index contributed by atoms with van der Waals surface area (Å²) >= 11 is 1.37. The van der Waals surface area contributed by atoms with Crippen molar-refractivity contribution < 1.29 is 18.8 Å². The lowest BCUT2D eigenvalue weighted by molar-refractivity contribution is -0.114. The van der Waals surface area contributed by atoms with Gasteiger partial charge >= 0.3 is 0 Å². The summed E-state index contributed by atoms with van der Waals surface area (Å²) in [5.74, 6) is -1.28. The minimum absolute atomic E-state index is 0.00166. The van der Waals surface area contributed by atoms with Gasteiger partial charge in [0.05, 0.1) is 5.75 Å². The van der Waals surface area contributed by atoms with E-state index in [1.807, 2.05) is 31.2 Å². The number of thioether (sulfide) groups is 1. The fraction of sp³-hybridized carbons (Fsp3) is 0.0645. The van der Waals surface area contributed by atoms with E-state index >= 15 is 0 Å². The maximum atomic E-state index is 13.4. The first kappa shape index (κ1) is 27.3. The second-order valence-electron chi connectivity index (χ2n) is 8.56. The normalized spacial score (nSPS) is 11.0. The van der Waals surface area contributed by atoms with E-state index in [0.29, 0.717) is 16.8 Å². The number of amides is 3. The largest absolute Gasteiger partial charge is 0.325 e. The van der Waals surface area contributed by atoms with Crippen LogP contribution in [-0.2, 0) is 9.59 Å². The summed E-state index contributed by atoms with van der Waals surface area (Å²) in [5.41, 5.74) is 3.22. The third kappa shape index (κ3) is 8.15. The zero-order chi connectivity index (χ0) is 27.6. The van der Waals surface area contributed by atoms with Crippen LogP contribution in [0.2, 0.25) is 0 Å². The third-order valence-electron chi connectivity index (χ3n) is 5.61. The number of benzene rings is 4. The molecule has 0 fully saturated rings. The zero-order valence-corrected chi connectivity index (χ0v) is 21.9. The van der Waals surface area contributed by atoms with Crippen LogP contribution < -0.4 is 16.0 Å². The Kier molecular flexibility index (Phi) is 9.26. The van der Waals surface area contributed by atoms with Crippen LogP contribution in [0.25, 0.3) is 6.08 Å². The van der Waals surface area contributed by atoms with E-state index in [1.165, 1.54) is 42.1 Å². The van der Waals surface area contributed by atoms with Crippen molar-refractivity contribution in [1.29, 1.82) is 0 Å². The lowest BCUT2D eigenvalue weighted by Gasteiger charge is -2.12. The van der Waals surface area contributed by atoms with Crippen molar-refractivity contribution in [3.63, 3.8) is 0 Å². The fourth-order valence-corrected chi connectivity index (χ4v) is 4.25. The van der Waals surface area contributed by atoms with Crippen LogP contribution in [0, 0.1) is 12.7 Å². The van der Waals surface area contributed by atoms with Crippen molar-refractivity contribution in [3.05, 3.63) is 131 Å². The molecule has 0 saturated heterocycles. The van der Waals surface area contributed by atoms with E-state index in [4.69, 9.17) is 0 Å². The van der Waals surface area contributed by atoms with Crippen LogP contribution in [-0.4, -0.2) is 23.5 Å². The highest BCUT2D eigenvalue weighted by atomic mass is 32.2. The van der Waals surface area contributed by atoms with Gasteiger partial charge in [0, 0.05) is 21.8 Å². The van der Waals surface area contributed by atoms with Gasteiger partial charge in [-0.2, -0.15) is 0 Å². The molecule has 0 bridgehead atoms. The Morgan fingerprint density at radius 2 is 1.46 bits per heavy atom. The molecule has 4 aromatic rings. The minimum atomic E-state index is -0.540. The third-order valence-corrected chi connectivity index (χ3v) is 6.62. The molecule has 0 unspecified atom stereocenters. The SMILES string of the molecule is Cc1ccccc1NC(=O)CSc1ccc(NC(=O)/C(=C/c2ccc(F)cc2)NC(=O)c2ccccc2)cc1. The van der Waals surface area contributed by atoms with Gasteiger partial charge in [-0.3, -0.25) is 14.4 Å². The van der Waals surface area contributed by atoms with Crippen LogP contribution >= 0.6 is 11.8 Å². The van der Waals surface area contributed by atoms with Crippen LogP contribution in [0.15, 0.2) is 114 Å². The van der Waals surface area contributed by atoms with E-state index < -0.39 is 17.6 Å². The number of hydrogen-bond acceptors (Lipinski definition) is 4. The van der Waals surface area contributed by atoms with Crippen molar-refractivity contribution in [2.45, 2.75) is 11.8 Å². The summed E-state index contributed by atoms with van der Waals surface area (Å²) in [4.78, 5) is 39.0.